The molecule has 2 aliphatic carbocycles. The van der Waals surface area contributed by atoms with E-state index in [4.69, 9.17) is 5.73 Å². The van der Waals surface area contributed by atoms with Crippen molar-refractivity contribution in [1.82, 2.24) is 24.4 Å². The Labute approximate surface area is 221 Å². The lowest BCUT2D eigenvalue weighted by atomic mass is 10.0. The number of amides is 2. The van der Waals surface area contributed by atoms with Gasteiger partial charge in [-0.15, -0.1) is 0 Å². The fraction of sp³-hybridized carbons (Fsp3) is 0.370. The van der Waals surface area contributed by atoms with E-state index in [1.54, 1.807) is 17.0 Å². The minimum atomic E-state index is -0.521. The number of carbonyl (C=O) groups excluding carboxylic acids is 2. The van der Waals surface area contributed by atoms with E-state index < -0.39 is 6.04 Å². The van der Waals surface area contributed by atoms with E-state index in [2.05, 4.69) is 55.3 Å². The Morgan fingerprint density at radius 3 is 2.81 bits per heavy atom. The van der Waals surface area contributed by atoms with Gasteiger partial charge in [-0.1, -0.05) is 12.1 Å². The number of aromatic nitrogens is 4. The molecule has 1 aromatic carbocycles. The van der Waals surface area contributed by atoms with Crippen molar-refractivity contribution in [3.8, 4) is 0 Å². The molecule has 188 valence electrons. The van der Waals surface area contributed by atoms with Gasteiger partial charge in [0.1, 0.15) is 40.8 Å². The summed E-state index contributed by atoms with van der Waals surface area (Å²) in [5.41, 5.74) is 10.3. The van der Waals surface area contributed by atoms with E-state index in [0.717, 1.165) is 28.3 Å². The van der Waals surface area contributed by atoms with Crippen molar-refractivity contribution in [3.63, 3.8) is 0 Å². The third kappa shape index (κ3) is 3.77. The fourth-order valence-corrected chi connectivity index (χ4v) is 6.42. The van der Waals surface area contributed by atoms with Crippen molar-refractivity contribution in [2.75, 3.05) is 11.1 Å². The first-order valence-electron chi connectivity index (χ1n) is 12.7. The van der Waals surface area contributed by atoms with Gasteiger partial charge >= 0.3 is 0 Å². The monoisotopic (exact) mass is 559 g/mol. The maximum Gasteiger partial charge on any atom is 0.248 e. The van der Waals surface area contributed by atoms with Gasteiger partial charge in [-0.2, -0.15) is 0 Å². The molecule has 7 rings (SSSR count). The number of benzene rings is 1. The molecule has 2 saturated carbocycles. The first-order chi connectivity index (χ1) is 17.9. The van der Waals surface area contributed by atoms with Crippen molar-refractivity contribution in [1.29, 1.82) is 0 Å². The third-order valence-corrected chi connectivity index (χ3v) is 8.42. The number of pyridine rings is 1. The highest BCUT2D eigenvalue weighted by Gasteiger charge is 2.56. The number of hydrogen-bond donors (Lipinski definition) is 2. The molecule has 10 heteroatoms. The summed E-state index contributed by atoms with van der Waals surface area (Å²) in [4.78, 5) is 42.0. The molecule has 0 bridgehead atoms. The highest BCUT2D eigenvalue weighted by Crippen LogP contribution is 2.48. The van der Waals surface area contributed by atoms with Gasteiger partial charge in [0.15, 0.2) is 0 Å². The number of fused-ring (bicyclic) bond motifs is 4. The first kappa shape index (κ1) is 22.7. The largest absolute Gasteiger partial charge is 0.383 e. The molecule has 4 heterocycles. The highest BCUT2D eigenvalue weighted by molar-refractivity contribution is 9.10. The lowest BCUT2D eigenvalue weighted by Gasteiger charge is -2.27. The van der Waals surface area contributed by atoms with Crippen LogP contribution < -0.4 is 11.1 Å². The summed E-state index contributed by atoms with van der Waals surface area (Å²) in [7, 11) is 0. The second-order valence-electron chi connectivity index (χ2n) is 10.5. The van der Waals surface area contributed by atoms with Gasteiger partial charge in [0.05, 0.1) is 10.9 Å². The fourth-order valence-electron chi connectivity index (χ4n) is 6.07. The molecule has 4 aromatic rings. The Kier molecular flexibility index (Phi) is 5.04. The minimum Gasteiger partial charge on any atom is -0.383 e. The zero-order valence-electron chi connectivity index (χ0n) is 20.3. The maximum atomic E-state index is 13.9. The molecule has 37 heavy (non-hydrogen) atoms. The third-order valence-electron chi connectivity index (χ3n) is 7.98. The summed E-state index contributed by atoms with van der Waals surface area (Å²) in [6.45, 7) is 2.16. The summed E-state index contributed by atoms with van der Waals surface area (Å²) < 4.78 is 2.60. The SMILES string of the molecule is Cc1cc(C2CC2)cc2c3c(N)ncnc3n(CC(=O)N3C4C[C@@H]4C[C@H]3C(=O)Nc3cccc(Br)n3)c12. The van der Waals surface area contributed by atoms with E-state index in [9.17, 15) is 9.59 Å². The van der Waals surface area contributed by atoms with E-state index in [1.807, 2.05) is 10.6 Å². The lowest BCUT2D eigenvalue weighted by Crippen LogP contribution is -2.46. The number of nitrogens with zero attached hydrogens (tertiary/aromatic N) is 5. The number of nitrogens with one attached hydrogen (secondary N) is 1. The molecule has 3 aromatic heterocycles. The van der Waals surface area contributed by atoms with Crippen LogP contribution in [0.5, 0.6) is 0 Å². The van der Waals surface area contributed by atoms with Crippen LogP contribution in [-0.2, 0) is 16.1 Å². The van der Waals surface area contributed by atoms with Crippen LogP contribution in [0.15, 0.2) is 41.3 Å². The zero-order chi connectivity index (χ0) is 25.4. The molecular weight excluding hydrogens is 534 g/mol. The number of anilines is 2. The molecule has 3 N–H and O–H groups in total. The molecule has 0 spiro atoms. The first-order valence-corrected chi connectivity index (χ1v) is 13.5. The van der Waals surface area contributed by atoms with Gasteiger partial charge in [-0.25, -0.2) is 15.0 Å². The second-order valence-corrected chi connectivity index (χ2v) is 11.3. The van der Waals surface area contributed by atoms with Crippen LogP contribution in [-0.4, -0.2) is 48.3 Å². The Morgan fingerprint density at radius 1 is 1.19 bits per heavy atom. The smallest absolute Gasteiger partial charge is 0.248 e. The second kappa shape index (κ2) is 8.24. The predicted molar refractivity (Wildman–Crippen MR) is 144 cm³/mol. The van der Waals surface area contributed by atoms with Gasteiger partial charge in [-0.3, -0.25) is 9.59 Å². The summed E-state index contributed by atoms with van der Waals surface area (Å²) in [5.74, 6) is 1.54. The zero-order valence-corrected chi connectivity index (χ0v) is 21.9. The molecule has 1 aliphatic heterocycles. The molecule has 3 aliphatic rings. The Bertz CT molecular complexity index is 1610. The average Bonchev–Trinajstić information content (AvgIpc) is 3.79. The van der Waals surface area contributed by atoms with Crippen LogP contribution in [0.25, 0.3) is 21.9 Å². The van der Waals surface area contributed by atoms with Crippen LogP contribution in [0, 0.1) is 12.8 Å². The average molecular weight is 560 g/mol. The number of rotatable bonds is 5. The molecule has 9 nitrogen and oxygen atoms in total. The van der Waals surface area contributed by atoms with Gasteiger partial charge in [0.2, 0.25) is 11.8 Å². The molecule has 1 saturated heterocycles. The Hall–Kier alpha value is -3.53. The van der Waals surface area contributed by atoms with Gasteiger partial charge in [0.25, 0.3) is 0 Å². The van der Waals surface area contributed by atoms with Gasteiger partial charge in [0, 0.05) is 11.4 Å². The quantitative estimate of drug-likeness (QED) is 0.355. The van der Waals surface area contributed by atoms with E-state index >= 15 is 0 Å². The summed E-state index contributed by atoms with van der Waals surface area (Å²) in [5, 5.41) is 4.67. The van der Waals surface area contributed by atoms with E-state index in [1.165, 1.54) is 24.7 Å². The number of carbonyl (C=O) groups is 2. The van der Waals surface area contributed by atoms with Crippen molar-refractivity contribution in [3.05, 3.63) is 52.4 Å². The predicted octanol–water partition coefficient (Wildman–Crippen LogP) is 4.14. The standard InChI is InChI=1S/C27H26BrN7O2/c1-13-7-15(14-5-6-14)8-17-23-25(29)30-12-31-26(23)34(24(13)17)11-22(36)35-18-9-16(18)10-19(35)27(37)33-21-4-2-3-20(28)32-21/h2-4,7-8,12,14,16,18-19H,5-6,9-11H2,1H3,(H2,29,30,31)(H,32,33,37)/t16-,18?,19+/m1/s1. The number of nitrogens with two attached hydrogens (primary N) is 1. The van der Waals surface area contributed by atoms with E-state index in [-0.39, 0.29) is 24.4 Å². The number of halogens is 1. The number of likely N-dealkylation sites (tertiary alicyclic amines) is 1. The van der Waals surface area contributed by atoms with Crippen LogP contribution in [0.4, 0.5) is 11.6 Å². The topological polar surface area (TPSA) is 119 Å². The van der Waals surface area contributed by atoms with Crippen molar-refractivity contribution in [2.45, 2.75) is 57.2 Å². The van der Waals surface area contributed by atoms with Crippen LogP contribution in [0.3, 0.4) is 0 Å². The normalized spacial score (nSPS) is 22.4. The molecule has 3 atom stereocenters. The van der Waals surface area contributed by atoms with Crippen molar-refractivity contribution >= 4 is 61.3 Å². The molecule has 2 amide bonds. The molecule has 3 fully saturated rings. The van der Waals surface area contributed by atoms with Crippen LogP contribution in [0.1, 0.15) is 42.7 Å². The molecular formula is C27H26BrN7O2. The molecule has 0 radical (unpaired) electrons. The van der Waals surface area contributed by atoms with Gasteiger partial charge in [-0.05, 0) is 89.7 Å². The summed E-state index contributed by atoms with van der Waals surface area (Å²) >= 11 is 3.34. The minimum absolute atomic E-state index is 0.0855. The van der Waals surface area contributed by atoms with Crippen molar-refractivity contribution in [2.24, 2.45) is 5.92 Å². The van der Waals surface area contributed by atoms with E-state index in [0.29, 0.717) is 40.1 Å². The Morgan fingerprint density at radius 2 is 2.03 bits per heavy atom. The number of aryl methyl sites for hydroxylation is 1. The van der Waals surface area contributed by atoms with Crippen LogP contribution in [0.2, 0.25) is 0 Å². The lowest BCUT2D eigenvalue weighted by molar-refractivity contribution is -0.138. The number of nitrogen functional groups attached to an aromatic ring is 1. The number of hydrogen-bond acceptors (Lipinski definition) is 6. The van der Waals surface area contributed by atoms with Crippen LogP contribution >= 0.6 is 15.9 Å². The Balaban J connectivity index is 1.24. The highest BCUT2D eigenvalue weighted by atomic mass is 79.9. The summed E-state index contributed by atoms with van der Waals surface area (Å²) in [6.07, 6.45) is 5.46. The maximum absolute atomic E-state index is 13.9. The van der Waals surface area contributed by atoms with Crippen molar-refractivity contribution < 1.29 is 9.59 Å². The summed E-state index contributed by atoms with van der Waals surface area (Å²) in [6, 6.07) is 9.35. The van der Waals surface area contributed by atoms with Gasteiger partial charge < -0.3 is 20.5 Å². The molecule has 1 unspecified atom stereocenters. The number of piperidine rings is 1.